The van der Waals surface area contributed by atoms with E-state index in [1.807, 2.05) is 18.3 Å². The van der Waals surface area contributed by atoms with Gasteiger partial charge in [0.05, 0.1) is 24.6 Å². The number of hydrogen-bond acceptors (Lipinski definition) is 4. The zero-order valence-corrected chi connectivity index (χ0v) is 14.6. The van der Waals surface area contributed by atoms with E-state index in [0.717, 1.165) is 23.1 Å². The largest absolute Gasteiger partial charge is 0.337 e. The predicted molar refractivity (Wildman–Crippen MR) is 96.3 cm³/mol. The Labute approximate surface area is 157 Å². The maximum absolute atomic E-state index is 12.6. The molecule has 6 nitrogen and oxygen atoms in total. The molecule has 136 valence electrons. The third kappa shape index (κ3) is 3.85. The maximum Gasteiger partial charge on any atom is 0.279 e. The van der Waals surface area contributed by atoms with Gasteiger partial charge in [0.2, 0.25) is 0 Å². The Morgan fingerprint density at radius 2 is 1.78 bits per heavy atom. The summed E-state index contributed by atoms with van der Waals surface area (Å²) in [5.74, 6) is 0.357. The van der Waals surface area contributed by atoms with E-state index >= 15 is 0 Å². The molecular formula is C18H13ClF2N6. The van der Waals surface area contributed by atoms with Crippen LogP contribution in [0.4, 0.5) is 8.78 Å². The molecule has 1 N–H and O–H groups in total. The molecule has 0 amide bonds. The van der Waals surface area contributed by atoms with Crippen LogP contribution < -0.4 is 0 Å². The van der Waals surface area contributed by atoms with Crippen molar-refractivity contribution in [2.24, 2.45) is 0 Å². The summed E-state index contributed by atoms with van der Waals surface area (Å²) < 4.78 is 26.9. The quantitative estimate of drug-likeness (QED) is 0.552. The minimum Gasteiger partial charge on any atom is -0.337 e. The number of imidazole rings is 1. The maximum atomic E-state index is 12.6. The molecule has 0 spiro atoms. The molecule has 0 radical (unpaired) electrons. The number of nitrogens with one attached hydrogen (secondary N) is 1. The average molecular weight is 387 g/mol. The van der Waals surface area contributed by atoms with Gasteiger partial charge in [-0.3, -0.25) is 4.98 Å². The van der Waals surface area contributed by atoms with Crippen LogP contribution in [0.2, 0.25) is 5.02 Å². The number of aromatic amines is 1. The number of H-pyrrole nitrogens is 1. The zero-order valence-electron chi connectivity index (χ0n) is 13.9. The summed E-state index contributed by atoms with van der Waals surface area (Å²) >= 11 is 5.89. The van der Waals surface area contributed by atoms with Crippen LogP contribution in [0.5, 0.6) is 0 Å². The molecule has 0 saturated heterocycles. The number of rotatable bonds is 5. The van der Waals surface area contributed by atoms with E-state index in [0.29, 0.717) is 23.0 Å². The highest BCUT2D eigenvalue weighted by atomic mass is 35.5. The van der Waals surface area contributed by atoms with E-state index in [4.69, 9.17) is 11.6 Å². The summed E-state index contributed by atoms with van der Waals surface area (Å²) in [7, 11) is 0. The van der Waals surface area contributed by atoms with Gasteiger partial charge in [-0.25, -0.2) is 18.4 Å². The topological polar surface area (TPSA) is 72.3 Å². The Bertz CT molecular complexity index is 1040. The van der Waals surface area contributed by atoms with Crippen molar-refractivity contribution in [1.82, 2.24) is 29.9 Å². The second kappa shape index (κ2) is 7.24. The predicted octanol–water partition coefficient (Wildman–Crippen LogP) is 4.37. The first-order valence-corrected chi connectivity index (χ1v) is 8.41. The van der Waals surface area contributed by atoms with Gasteiger partial charge < -0.3 is 4.98 Å². The van der Waals surface area contributed by atoms with Crippen molar-refractivity contribution in [3.8, 4) is 22.6 Å². The van der Waals surface area contributed by atoms with Gasteiger partial charge in [-0.05, 0) is 24.3 Å². The van der Waals surface area contributed by atoms with E-state index in [1.165, 1.54) is 0 Å². The highest BCUT2D eigenvalue weighted by Gasteiger charge is 2.12. The molecule has 0 unspecified atom stereocenters. The molecular weight excluding hydrogens is 374 g/mol. The highest BCUT2D eigenvalue weighted by molar-refractivity contribution is 6.30. The molecule has 0 atom stereocenters. The fourth-order valence-electron chi connectivity index (χ4n) is 2.55. The lowest BCUT2D eigenvalue weighted by molar-refractivity contribution is 0.146. The van der Waals surface area contributed by atoms with E-state index in [-0.39, 0.29) is 5.69 Å². The van der Waals surface area contributed by atoms with Crippen LogP contribution in [0.1, 0.15) is 17.8 Å². The second-order valence-corrected chi connectivity index (χ2v) is 6.27. The second-order valence-electron chi connectivity index (χ2n) is 5.83. The van der Waals surface area contributed by atoms with Gasteiger partial charge in [0.15, 0.2) is 0 Å². The fourth-order valence-corrected chi connectivity index (χ4v) is 2.67. The Kier molecular flexibility index (Phi) is 4.64. The van der Waals surface area contributed by atoms with Crippen molar-refractivity contribution in [2.45, 2.75) is 13.0 Å². The van der Waals surface area contributed by atoms with Crippen molar-refractivity contribution in [1.29, 1.82) is 0 Å². The molecule has 3 aromatic heterocycles. The molecule has 3 heterocycles. The van der Waals surface area contributed by atoms with Crippen LogP contribution in [-0.2, 0) is 6.54 Å². The van der Waals surface area contributed by atoms with E-state index < -0.39 is 6.43 Å². The van der Waals surface area contributed by atoms with Crippen molar-refractivity contribution in [2.75, 3.05) is 0 Å². The van der Waals surface area contributed by atoms with Gasteiger partial charge in [-0.1, -0.05) is 28.9 Å². The van der Waals surface area contributed by atoms with E-state index in [2.05, 4.69) is 25.3 Å². The molecule has 1 aromatic carbocycles. The molecule has 0 saturated carbocycles. The van der Waals surface area contributed by atoms with Gasteiger partial charge in [0.25, 0.3) is 6.43 Å². The van der Waals surface area contributed by atoms with Gasteiger partial charge in [0.1, 0.15) is 17.2 Å². The van der Waals surface area contributed by atoms with Gasteiger partial charge in [-0.2, -0.15) is 0 Å². The van der Waals surface area contributed by atoms with Crippen LogP contribution >= 0.6 is 11.6 Å². The SMILES string of the molecule is FC(F)c1cnc(-c2ccc(Cn3cc(-c4ccc(Cl)cc4)nn3)nc2)[nH]1. The first kappa shape index (κ1) is 17.3. The standard InChI is InChI=1S/C18H13ClF2N6/c19-13-4-1-11(2-5-13)16-10-27(26-25-16)9-14-6-3-12(7-22-14)18-23-8-15(24-18)17(20)21/h1-8,10,17H,9H2,(H,23,24). The Hall–Kier alpha value is -3.13. The first-order chi connectivity index (χ1) is 13.1. The van der Waals surface area contributed by atoms with Crippen LogP contribution in [0.15, 0.2) is 55.0 Å². The number of hydrogen-bond donors (Lipinski definition) is 1. The van der Waals surface area contributed by atoms with Gasteiger partial charge in [-0.15, -0.1) is 5.10 Å². The van der Waals surface area contributed by atoms with E-state index in [9.17, 15) is 8.78 Å². The summed E-state index contributed by atoms with van der Waals surface area (Å²) in [5.41, 5.74) is 2.82. The highest BCUT2D eigenvalue weighted by Crippen LogP contribution is 2.22. The smallest absolute Gasteiger partial charge is 0.279 e. The van der Waals surface area contributed by atoms with Gasteiger partial charge >= 0.3 is 0 Å². The summed E-state index contributed by atoms with van der Waals surface area (Å²) in [6.07, 6.45) is 1.95. The average Bonchev–Trinajstić information content (AvgIpc) is 3.33. The molecule has 0 bridgehead atoms. The lowest BCUT2D eigenvalue weighted by Crippen LogP contribution is -2.02. The number of nitrogens with zero attached hydrogens (tertiary/aromatic N) is 5. The molecule has 4 aromatic rings. The molecule has 0 aliphatic carbocycles. The Morgan fingerprint density at radius 1 is 1.00 bits per heavy atom. The molecule has 9 heteroatoms. The number of halogens is 3. The minimum absolute atomic E-state index is 0.216. The van der Waals surface area contributed by atoms with Crippen molar-refractivity contribution in [3.05, 3.63) is 71.4 Å². The summed E-state index contributed by atoms with van der Waals surface area (Å²) in [4.78, 5) is 10.9. The molecule has 27 heavy (non-hydrogen) atoms. The summed E-state index contributed by atoms with van der Waals surface area (Å²) in [6.45, 7) is 0.432. The van der Waals surface area contributed by atoms with Crippen LogP contribution in [-0.4, -0.2) is 29.9 Å². The van der Waals surface area contributed by atoms with Gasteiger partial charge in [0, 0.05) is 22.3 Å². The number of aromatic nitrogens is 6. The zero-order chi connectivity index (χ0) is 18.8. The number of pyridine rings is 1. The molecule has 4 rings (SSSR count). The Balaban J connectivity index is 1.48. The monoisotopic (exact) mass is 386 g/mol. The third-order valence-corrected chi connectivity index (χ3v) is 4.18. The molecule has 0 aliphatic heterocycles. The molecule has 0 fully saturated rings. The summed E-state index contributed by atoms with van der Waals surface area (Å²) in [5, 5.41) is 8.92. The Morgan fingerprint density at radius 3 is 2.44 bits per heavy atom. The van der Waals surface area contributed by atoms with E-state index in [1.54, 1.807) is 35.1 Å². The van der Waals surface area contributed by atoms with Crippen LogP contribution in [0, 0.1) is 0 Å². The normalized spacial score (nSPS) is 11.3. The molecule has 0 aliphatic rings. The minimum atomic E-state index is -2.58. The lowest BCUT2D eigenvalue weighted by Gasteiger charge is -2.02. The van der Waals surface area contributed by atoms with Crippen LogP contribution in [0.25, 0.3) is 22.6 Å². The van der Waals surface area contributed by atoms with Crippen LogP contribution in [0.3, 0.4) is 0 Å². The number of alkyl halides is 2. The third-order valence-electron chi connectivity index (χ3n) is 3.93. The summed E-state index contributed by atoms with van der Waals surface area (Å²) in [6, 6.07) is 10.9. The fraction of sp³-hybridized carbons (Fsp3) is 0.111. The van der Waals surface area contributed by atoms with Crippen molar-refractivity contribution in [3.63, 3.8) is 0 Å². The first-order valence-electron chi connectivity index (χ1n) is 8.03. The van der Waals surface area contributed by atoms with Crippen molar-refractivity contribution < 1.29 is 8.78 Å². The number of benzene rings is 1. The lowest BCUT2D eigenvalue weighted by atomic mass is 10.2. The van der Waals surface area contributed by atoms with Crippen molar-refractivity contribution >= 4 is 11.6 Å².